The smallest absolute Gasteiger partial charge is 0.282 e. The lowest BCUT2D eigenvalue weighted by molar-refractivity contribution is -0.120. The summed E-state index contributed by atoms with van der Waals surface area (Å²) in [5, 5.41) is 0. The lowest BCUT2D eigenvalue weighted by Gasteiger charge is -2.36. The van der Waals surface area contributed by atoms with Gasteiger partial charge in [0.2, 0.25) is 0 Å². The van der Waals surface area contributed by atoms with Crippen LogP contribution >= 0.6 is 0 Å². The highest BCUT2D eigenvalue weighted by Gasteiger charge is 2.43. The third kappa shape index (κ3) is 3.52. The van der Waals surface area contributed by atoms with E-state index in [0.717, 1.165) is 30.8 Å². The average Bonchev–Trinajstić information content (AvgIpc) is 3.00. The van der Waals surface area contributed by atoms with Crippen molar-refractivity contribution in [2.24, 2.45) is 0 Å². The molecule has 1 fully saturated rings. The Labute approximate surface area is 176 Å². The Morgan fingerprint density at radius 2 is 1.57 bits per heavy atom. The molecule has 0 unspecified atom stereocenters. The molecule has 0 aliphatic carbocycles. The van der Waals surface area contributed by atoms with E-state index in [1.165, 1.54) is 17.0 Å². The fourth-order valence-corrected chi connectivity index (χ4v) is 4.16. The van der Waals surface area contributed by atoms with Crippen molar-refractivity contribution in [3.63, 3.8) is 0 Å². The van der Waals surface area contributed by atoms with Crippen LogP contribution in [-0.2, 0) is 9.59 Å². The Kier molecular flexibility index (Phi) is 5.43. The van der Waals surface area contributed by atoms with Crippen molar-refractivity contribution in [3.8, 4) is 0 Å². The molecule has 0 radical (unpaired) electrons. The minimum Gasteiger partial charge on any atom is -0.364 e. The molecule has 1 saturated heterocycles. The molecule has 5 nitrogen and oxygen atoms in total. The molecule has 0 N–H and O–H groups in total. The first kappa shape index (κ1) is 20.3. The molecule has 2 aromatic rings. The lowest BCUT2D eigenvalue weighted by atomic mass is 10.0. The summed E-state index contributed by atoms with van der Waals surface area (Å²) >= 11 is 0. The zero-order chi connectivity index (χ0) is 21.4. The molecule has 2 amide bonds. The topological polar surface area (TPSA) is 43.9 Å². The Morgan fingerprint density at radius 3 is 2.20 bits per heavy atom. The predicted molar refractivity (Wildman–Crippen MR) is 115 cm³/mol. The number of nitrogens with zero attached hydrogens (tertiary/aromatic N) is 3. The number of amides is 2. The van der Waals surface area contributed by atoms with Crippen LogP contribution in [0.3, 0.4) is 0 Å². The fourth-order valence-electron chi connectivity index (χ4n) is 4.16. The number of halogens is 1. The van der Waals surface area contributed by atoms with Gasteiger partial charge in [-0.15, -0.1) is 0 Å². The van der Waals surface area contributed by atoms with E-state index in [1.54, 1.807) is 12.1 Å². The number of piperazine rings is 1. The Hall–Kier alpha value is -2.99. The maximum atomic E-state index is 13.6. The standard InChI is InChI=1S/C24H26FN3O2/c1-4-26-11-13-27(14-12-26)22-21(18-7-9-19(25)10-8-18)23(29)28(24(22)30)20-15-16(2)5-6-17(20)3/h5-10,15H,4,11-14H2,1-3H3. The van der Waals surface area contributed by atoms with Gasteiger partial charge in [0.1, 0.15) is 11.5 Å². The third-order valence-corrected chi connectivity index (χ3v) is 5.93. The lowest BCUT2D eigenvalue weighted by Crippen LogP contribution is -2.47. The molecule has 6 heteroatoms. The normalized spacial score (nSPS) is 18.0. The maximum absolute atomic E-state index is 13.6. The van der Waals surface area contributed by atoms with Crippen LogP contribution in [0.2, 0.25) is 0 Å². The van der Waals surface area contributed by atoms with E-state index in [4.69, 9.17) is 0 Å². The van der Waals surface area contributed by atoms with E-state index >= 15 is 0 Å². The number of carbonyl (C=O) groups excluding carboxylic acids is 2. The number of carbonyl (C=O) groups is 2. The van der Waals surface area contributed by atoms with Crippen molar-refractivity contribution >= 4 is 23.1 Å². The largest absolute Gasteiger partial charge is 0.364 e. The van der Waals surface area contributed by atoms with Crippen molar-refractivity contribution in [1.29, 1.82) is 0 Å². The number of imide groups is 1. The highest BCUT2D eigenvalue weighted by molar-refractivity contribution is 6.45. The van der Waals surface area contributed by atoms with E-state index in [9.17, 15) is 14.0 Å². The molecule has 2 heterocycles. The van der Waals surface area contributed by atoms with Gasteiger partial charge in [-0.2, -0.15) is 0 Å². The number of hydrogen-bond donors (Lipinski definition) is 0. The molecule has 0 saturated carbocycles. The number of likely N-dealkylation sites (N-methyl/N-ethyl adjacent to an activating group) is 1. The summed E-state index contributed by atoms with van der Waals surface area (Å²) < 4.78 is 13.5. The van der Waals surface area contributed by atoms with Crippen molar-refractivity contribution in [2.45, 2.75) is 20.8 Å². The zero-order valence-electron chi connectivity index (χ0n) is 17.6. The van der Waals surface area contributed by atoms with Crippen LogP contribution in [0.1, 0.15) is 23.6 Å². The predicted octanol–water partition coefficient (Wildman–Crippen LogP) is 3.36. The van der Waals surface area contributed by atoms with Gasteiger partial charge in [0.25, 0.3) is 11.8 Å². The van der Waals surface area contributed by atoms with Crippen LogP contribution in [0.5, 0.6) is 0 Å². The van der Waals surface area contributed by atoms with Crippen LogP contribution in [0.15, 0.2) is 48.2 Å². The summed E-state index contributed by atoms with van der Waals surface area (Å²) in [5.41, 5.74) is 3.78. The van der Waals surface area contributed by atoms with E-state index in [-0.39, 0.29) is 17.6 Å². The third-order valence-electron chi connectivity index (χ3n) is 5.93. The first-order valence-electron chi connectivity index (χ1n) is 10.3. The van der Waals surface area contributed by atoms with Gasteiger partial charge in [-0.1, -0.05) is 31.2 Å². The van der Waals surface area contributed by atoms with Gasteiger partial charge >= 0.3 is 0 Å². The Morgan fingerprint density at radius 1 is 0.900 bits per heavy atom. The van der Waals surface area contributed by atoms with Gasteiger partial charge in [0.15, 0.2) is 0 Å². The van der Waals surface area contributed by atoms with E-state index in [1.807, 2.05) is 36.9 Å². The molecular weight excluding hydrogens is 381 g/mol. The van der Waals surface area contributed by atoms with Gasteiger partial charge in [-0.25, -0.2) is 9.29 Å². The molecule has 4 rings (SSSR count). The highest BCUT2D eigenvalue weighted by atomic mass is 19.1. The summed E-state index contributed by atoms with van der Waals surface area (Å²) in [6.07, 6.45) is 0. The van der Waals surface area contributed by atoms with Crippen molar-refractivity contribution in [3.05, 3.63) is 70.7 Å². The summed E-state index contributed by atoms with van der Waals surface area (Å²) in [4.78, 5) is 32.8. The monoisotopic (exact) mass is 407 g/mol. The minimum atomic E-state index is -0.374. The molecule has 2 aromatic carbocycles. The summed E-state index contributed by atoms with van der Waals surface area (Å²) in [7, 11) is 0. The second kappa shape index (κ2) is 8.03. The number of benzene rings is 2. The van der Waals surface area contributed by atoms with Crippen molar-refractivity contribution < 1.29 is 14.0 Å². The highest BCUT2D eigenvalue weighted by Crippen LogP contribution is 2.36. The molecule has 156 valence electrons. The van der Waals surface area contributed by atoms with E-state index in [0.29, 0.717) is 35.6 Å². The maximum Gasteiger partial charge on any atom is 0.282 e. The summed E-state index contributed by atoms with van der Waals surface area (Å²) in [6, 6.07) is 11.5. The van der Waals surface area contributed by atoms with E-state index < -0.39 is 0 Å². The fraction of sp³-hybridized carbons (Fsp3) is 0.333. The summed E-state index contributed by atoms with van der Waals surface area (Å²) in [6.45, 7) is 9.92. The minimum absolute atomic E-state index is 0.307. The van der Waals surface area contributed by atoms with Crippen molar-refractivity contribution in [1.82, 2.24) is 9.80 Å². The molecule has 0 spiro atoms. The van der Waals surface area contributed by atoms with Crippen LogP contribution in [0.25, 0.3) is 5.57 Å². The summed E-state index contributed by atoms with van der Waals surface area (Å²) in [5.74, 6) is -1.04. The van der Waals surface area contributed by atoms with Gasteiger partial charge in [-0.3, -0.25) is 9.59 Å². The molecule has 2 aliphatic heterocycles. The SMILES string of the molecule is CCN1CCN(C2=C(c3ccc(F)cc3)C(=O)N(c3cc(C)ccc3C)C2=O)CC1. The number of hydrogen-bond acceptors (Lipinski definition) is 4. The molecule has 30 heavy (non-hydrogen) atoms. The Balaban J connectivity index is 1.80. The second-order valence-electron chi connectivity index (χ2n) is 7.89. The van der Waals surface area contributed by atoms with Gasteiger partial charge in [0, 0.05) is 26.2 Å². The van der Waals surface area contributed by atoms with Gasteiger partial charge in [-0.05, 0) is 55.3 Å². The second-order valence-corrected chi connectivity index (χ2v) is 7.89. The number of rotatable bonds is 4. The first-order chi connectivity index (χ1) is 14.4. The molecule has 2 aliphatic rings. The van der Waals surface area contributed by atoms with Gasteiger partial charge in [0.05, 0.1) is 11.3 Å². The Bertz CT molecular complexity index is 1020. The number of anilines is 1. The number of aryl methyl sites for hydroxylation is 2. The van der Waals surface area contributed by atoms with Gasteiger partial charge < -0.3 is 9.80 Å². The first-order valence-corrected chi connectivity index (χ1v) is 10.3. The van der Waals surface area contributed by atoms with Crippen LogP contribution in [0, 0.1) is 19.7 Å². The molecule has 0 bridgehead atoms. The molecular formula is C24H26FN3O2. The molecule has 0 atom stereocenters. The van der Waals surface area contributed by atoms with Crippen LogP contribution in [-0.4, -0.2) is 54.3 Å². The zero-order valence-corrected chi connectivity index (χ0v) is 17.6. The van der Waals surface area contributed by atoms with Crippen LogP contribution in [0.4, 0.5) is 10.1 Å². The average molecular weight is 407 g/mol. The van der Waals surface area contributed by atoms with Crippen molar-refractivity contribution in [2.75, 3.05) is 37.6 Å². The van der Waals surface area contributed by atoms with E-state index in [2.05, 4.69) is 11.8 Å². The molecule has 0 aromatic heterocycles. The van der Waals surface area contributed by atoms with Crippen LogP contribution < -0.4 is 4.90 Å². The quantitative estimate of drug-likeness (QED) is 0.729.